The summed E-state index contributed by atoms with van der Waals surface area (Å²) in [5.74, 6) is 1.03. The van der Waals surface area contributed by atoms with Gasteiger partial charge in [0.1, 0.15) is 5.75 Å². The summed E-state index contributed by atoms with van der Waals surface area (Å²) in [7, 11) is 4.58. The number of carbonyl (C=O) groups is 1. The Morgan fingerprint density at radius 3 is 2.43 bits per heavy atom. The van der Waals surface area contributed by atoms with Crippen molar-refractivity contribution in [3.8, 4) is 23.0 Å². The van der Waals surface area contributed by atoms with Gasteiger partial charge in [-0.2, -0.15) is 0 Å². The maximum Gasteiger partial charge on any atom is 0.268 e. The Balaban J connectivity index is 1.76. The molecule has 28 heavy (non-hydrogen) atoms. The zero-order chi connectivity index (χ0) is 20.3. The highest BCUT2D eigenvalue weighted by Gasteiger charge is 2.30. The van der Waals surface area contributed by atoms with Crippen LogP contribution in [0.25, 0.3) is 0 Å². The number of ether oxygens (including phenoxy) is 3. The number of anilines is 1. The SMILES string of the molecule is COc1cc(C2=NO[C@@H](C(=O)Nc3cc(C)ccc3O)C2)cc(OC)c1OC. The number of carbonyl (C=O) groups excluding carboxylic acids is 1. The van der Waals surface area contributed by atoms with Gasteiger partial charge in [0.15, 0.2) is 11.5 Å². The number of amides is 1. The smallest absolute Gasteiger partial charge is 0.268 e. The molecule has 0 fully saturated rings. The Bertz CT molecular complexity index is 900. The summed E-state index contributed by atoms with van der Waals surface area (Å²) in [6, 6.07) is 8.45. The highest BCUT2D eigenvalue weighted by Crippen LogP contribution is 2.39. The summed E-state index contributed by atoms with van der Waals surface area (Å²) in [4.78, 5) is 17.8. The standard InChI is InChI=1S/C20H22N2O6/c1-11-5-6-15(23)14(7-11)21-20(24)18-10-13(22-28-18)12-8-16(25-2)19(27-4)17(9-12)26-3/h5-9,18,23H,10H2,1-4H3,(H,21,24)/t18-/m1/s1. The second-order valence-corrected chi connectivity index (χ2v) is 6.26. The summed E-state index contributed by atoms with van der Waals surface area (Å²) in [5.41, 5.74) is 2.51. The van der Waals surface area contributed by atoms with Crippen LogP contribution in [0, 0.1) is 6.92 Å². The molecule has 3 rings (SSSR count). The molecule has 2 aromatic carbocycles. The predicted molar refractivity (Wildman–Crippen MR) is 104 cm³/mol. The average Bonchev–Trinajstić information content (AvgIpc) is 3.20. The number of phenols is 1. The molecule has 2 N–H and O–H groups in total. The minimum Gasteiger partial charge on any atom is -0.506 e. The van der Waals surface area contributed by atoms with Crippen molar-refractivity contribution in [3.05, 3.63) is 41.5 Å². The van der Waals surface area contributed by atoms with Gasteiger partial charge in [0, 0.05) is 12.0 Å². The molecule has 148 valence electrons. The summed E-state index contributed by atoms with van der Waals surface area (Å²) < 4.78 is 16.0. The van der Waals surface area contributed by atoms with E-state index in [4.69, 9.17) is 19.0 Å². The van der Waals surface area contributed by atoms with E-state index in [1.165, 1.54) is 27.4 Å². The first kappa shape index (κ1) is 19.3. The second-order valence-electron chi connectivity index (χ2n) is 6.26. The maximum absolute atomic E-state index is 12.5. The Hall–Kier alpha value is -3.42. The molecule has 1 amide bonds. The summed E-state index contributed by atoms with van der Waals surface area (Å²) in [6.45, 7) is 1.87. The number of rotatable bonds is 6. The number of hydrogen-bond acceptors (Lipinski definition) is 7. The minimum atomic E-state index is -0.811. The largest absolute Gasteiger partial charge is 0.506 e. The third-order valence-corrected chi connectivity index (χ3v) is 4.37. The zero-order valence-corrected chi connectivity index (χ0v) is 16.1. The fourth-order valence-electron chi connectivity index (χ4n) is 2.90. The first-order valence-corrected chi connectivity index (χ1v) is 8.60. The number of nitrogens with one attached hydrogen (secondary N) is 1. The molecule has 0 saturated carbocycles. The van der Waals surface area contributed by atoms with Crippen molar-refractivity contribution in [1.29, 1.82) is 0 Å². The molecule has 0 radical (unpaired) electrons. The van der Waals surface area contributed by atoms with Crippen LogP contribution in [0.4, 0.5) is 5.69 Å². The van der Waals surface area contributed by atoms with Crippen LogP contribution in [0.3, 0.4) is 0 Å². The van der Waals surface area contributed by atoms with E-state index in [2.05, 4.69) is 10.5 Å². The Morgan fingerprint density at radius 2 is 1.82 bits per heavy atom. The van der Waals surface area contributed by atoms with Gasteiger partial charge in [-0.15, -0.1) is 0 Å². The number of methoxy groups -OCH3 is 3. The normalized spacial score (nSPS) is 15.4. The highest BCUT2D eigenvalue weighted by atomic mass is 16.6. The molecular formula is C20H22N2O6. The van der Waals surface area contributed by atoms with Crippen LogP contribution >= 0.6 is 0 Å². The van der Waals surface area contributed by atoms with Gasteiger partial charge in [-0.3, -0.25) is 4.79 Å². The first-order valence-electron chi connectivity index (χ1n) is 8.60. The van der Waals surface area contributed by atoms with E-state index in [0.717, 1.165) is 5.56 Å². The van der Waals surface area contributed by atoms with Crippen LogP contribution in [0.2, 0.25) is 0 Å². The van der Waals surface area contributed by atoms with Crippen molar-refractivity contribution in [2.24, 2.45) is 5.16 Å². The van der Waals surface area contributed by atoms with Crippen LogP contribution < -0.4 is 19.5 Å². The minimum absolute atomic E-state index is 0.0114. The van der Waals surface area contributed by atoms with Crippen molar-refractivity contribution in [1.82, 2.24) is 0 Å². The van der Waals surface area contributed by atoms with Gasteiger partial charge in [0.25, 0.3) is 5.91 Å². The van der Waals surface area contributed by atoms with Crippen molar-refractivity contribution in [2.75, 3.05) is 26.6 Å². The van der Waals surface area contributed by atoms with E-state index in [0.29, 0.717) is 34.2 Å². The molecule has 0 saturated heterocycles. The van der Waals surface area contributed by atoms with E-state index in [1.54, 1.807) is 24.3 Å². The lowest BCUT2D eigenvalue weighted by Gasteiger charge is -2.14. The van der Waals surface area contributed by atoms with E-state index >= 15 is 0 Å². The molecule has 0 bridgehead atoms. The molecule has 1 heterocycles. The molecule has 1 aliphatic rings. The van der Waals surface area contributed by atoms with Crippen molar-refractivity contribution >= 4 is 17.3 Å². The number of nitrogens with zero attached hydrogens (tertiary/aromatic N) is 1. The van der Waals surface area contributed by atoms with E-state index in [1.807, 2.05) is 6.92 Å². The molecule has 8 heteroatoms. The average molecular weight is 386 g/mol. The van der Waals surface area contributed by atoms with E-state index in [-0.39, 0.29) is 12.2 Å². The topological polar surface area (TPSA) is 98.6 Å². The molecule has 0 aromatic heterocycles. The van der Waals surface area contributed by atoms with Gasteiger partial charge in [-0.05, 0) is 36.8 Å². The maximum atomic E-state index is 12.5. The van der Waals surface area contributed by atoms with Gasteiger partial charge in [0.05, 0.1) is 32.7 Å². The van der Waals surface area contributed by atoms with Gasteiger partial charge >= 0.3 is 0 Å². The van der Waals surface area contributed by atoms with E-state index < -0.39 is 12.0 Å². The summed E-state index contributed by atoms with van der Waals surface area (Å²) in [5, 5.41) is 16.6. The quantitative estimate of drug-likeness (QED) is 0.741. The molecule has 1 atom stereocenters. The lowest BCUT2D eigenvalue weighted by atomic mass is 10.0. The molecule has 0 aliphatic carbocycles. The number of oxime groups is 1. The van der Waals surface area contributed by atoms with Crippen LogP contribution in [0.1, 0.15) is 17.5 Å². The molecule has 2 aromatic rings. The molecule has 0 spiro atoms. The van der Waals surface area contributed by atoms with E-state index in [9.17, 15) is 9.90 Å². The number of aromatic hydroxyl groups is 1. The van der Waals surface area contributed by atoms with Crippen LogP contribution in [-0.2, 0) is 9.63 Å². The number of aryl methyl sites for hydroxylation is 1. The monoisotopic (exact) mass is 386 g/mol. The molecular weight excluding hydrogens is 364 g/mol. The number of benzene rings is 2. The van der Waals surface area contributed by atoms with Crippen molar-refractivity contribution in [3.63, 3.8) is 0 Å². The highest BCUT2D eigenvalue weighted by molar-refractivity contribution is 6.07. The molecule has 1 aliphatic heterocycles. The van der Waals surface area contributed by atoms with Gasteiger partial charge in [0.2, 0.25) is 11.9 Å². The van der Waals surface area contributed by atoms with Gasteiger partial charge in [-0.25, -0.2) is 0 Å². The Kier molecular flexibility index (Phi) is 5.58. The third-order valence-electron chi connectivity index (χ3n) is 4.37. The summed E-state index contributed by atoms with van der Waals surface area (Å²) in [6.07, 6.45) is -0.550. The second kappa shape index (κ2) is 8.08. The fraction of sp³-hybridized carbons (Fsp3) is 0.300. The number of hydrogen-bond donors (Lipinski definition) is 2. The predicted octanol–water partition coefficient (Wildman–Crippen LogP) is 2.86. The van der Waals surface area contributed by atoms with Crippen LogP contribution in [0.15, 0.2) is 35.5 Å². The molecule has 8 nitrogen and oxygen atoms in total. The lowest BCUT2D eigenvalue weighted by Crippen LogP contribution is -2.28. The summed E-state index contributed by atoms with van der Waals surface area (Å²) >= 11 is 0. The Labute approximate surface area is 162 Å². The van der Waals surface area contributed by atoms with Gasteiger partial charge < -0.3 is 29.5 Å². The van der Waals surface area contributed by atoms with Crippen molar-refractivity contribution in [2.45, 2.75) is 19.4 Å². The zero-order valence-electron chi connectivity index (χ0n) is 16.1. The first-order chi connectivity index (χ1) is 13.5. The third kappa shape index (κ3) is 3.80. The van der Waals surface area contributed by atoms with Crippen LogP contribution in [-0.4, -0.2) is 44.2 Å². The fourth-order valence-corrected chi connectivity index (χ4v) is 2.90. The van der Waals surface area contributed by atoms with Crippen LogP contribution in [0.5, 0.6) is 23.0 Å². The van der Waals surface area contributed by atoms with Crippen molar-refractivity contribution < 1.29 is 28.9 Å². The molecule has 0 unspecified atom stereocenters. The Morgan fingerprint density at radius 1 is 1.14 bits per heavy atom. The lowest BCUT2D eigenvalue weighted by molar-refractivity contribution is -0.125. The number of phenolic OH excluding ortho intramolecular Hbond substituents is 1. The van der Waals surface area contributed by atoms with Gasteiger partial charge in [-0.1, -0.05) is 11.2 Å².